The lowest BCUT2D eigenvalue weighted by atomic mass is 9.47. The molecule has 8 unspecified atom stereocenters. The lowest BCUT2D eigenvalue weighted by molar-refractivity contribution is -0.0270. The molecule has 4 aliphatic rings. The van der Waals surface area contributed by atoms with Gasteiger partial charge in [0.25, 0.3) is 0 Å². The predicted octanol–water partition coefficient (Wildman–Crippen LogP) is 7.94. The second-order valence-electron chi connectivity index (χ2n) is 12.7. The molecular weight excluding hydrogens is 364 g/mol. The van der Waals surface area contributed by atoms with Crippen LogP contribution in [0, 0.1) is 46.3 Å². The predicted molar refractivity (Wildman–Crippen MR) is 128 cm³/mol. The van der Waals surface area contributed by atoms with E-state index in [1.54, 1.807) is 11.1 Å². The molecule has 1 heteroatoms. The number of aliphatic hydroxyl groups is 1. The van der Waals surface area contributed by atoms with Crippen LogP contribution in [-0.4, -0.2) is 11.2 Å². The maximum Gasteiger partial charge on any atom is 0.0577 e. The molecule has 1 nitrogen and oxygen atoms in total. The quantitative estimate of drug-likeness (QED) is 0.464. The summed E-state index contributed by atoms with van der Waals surface area (Å²) < 4.78 is 0. The molecule has 0 aromatic rings. The van der Waals surface area contributed by atoms with Gasteiger partial charge in [-0.25, -0.2) is 0 Å². The number of fused-ring (bicyclic) bond motifs is 5. The number of allylic oxidation sites excluding steroid dienone is 3. The van der Waals surface area contributed by atoms with E-state index in [4.69, 9.17) is 0 Å². The normalized spacial score (nSPS) is 44.6. The second-order valence-corrected chi connectivity index (χ2v) is 12.7. The van der Waals surface area contributed by atoms with E-state index < -0.39 is 0 Å². The van der Waals surface area contributed by atoms with Gasteiger partial charge in [-0.2, -0.15) is 0 Å². The second kappa shape index (κ2) is 8.09. The first-order chi connectivity index (χ1) is 14.1. The van der Waals surface area contributed by atoms with E-state index in [9.17, 15) is 5.11 Å². The highest BCUT2D eigenvalue weighted by Crippen LogP contribution is 2.66. The fourth-order valence-electron chi connectivity index (χ4n) is 8.60. The molecule has 4 aliphatic carbocycles. The monoisotopic (exact) mass is 412 g/mol. The Morgan fingerprint density at radius 2 is 1.70 bits per heavy atom. The van der Waals surface area contributed by atoms with E-state index >= 15 is 0 Å². The molecule has 8 atom stereocenters. The first kappa shape index (κ1) is 22.6. The summed E-state index contributed by atoms with van der Waals surface area (Å²) in [5.41, 5.74) is 6.01. The summed E-state index contributed by atoms with van der Waals surface area (Å²) in [6, 6.07) is 0. The Kier molecular flexibility index (Phi) is 6.10. The minimum absolute atomic E-state index is 0.0892. The van der Waals surface area contributed by atoms with Crippen molar-refractivity contribution < 1.29 is 5.11 Å². The molecule has 0 saturated heterocycles. The van der Waals surface area contributed by atoms with Gasteiger partial charge < -0.3 is 5.11 Å². The van der Waals surface area contributed by atoms with Crippen molar-refractivity contribution >= 4 is 0 Å². The third kappa shape index (κ3) is 3.56. The zero-order valence-corrected chi connectivity index (χ0v) is 20.9. The smallest absolute Gasteiger partial charge is 0.0577 e. The summed E-state index contributed by atoms with van der Waals surface area (Å²) in [6.45, 7) is 17.4. The summed E-state index contributed by atoms with van der Waals surface area (Å²) in [6.07, 6.45) is 13.8. The van der Waals surface area contributed by atoms with Crippen LogP contribution in [0.3, 0.4) is 0 Å². The molecule has 0 radical (unpaired) electrons. The van der Waals surface area contributed by atoms with Crippen LogP contribution in [0.4, 0.5) is 0 Å². The largest absolute Gasteiger partial charge is 0.393 e. The summed E-state index contributed by atoms with van der Waals surface area (Å²) in [4.78, 5) is 0. The van der Waals surface area contributed by atoms with E-state index in [0.29, 0.717) is 10.8 Å². The van der Waals surface area contributed by atoms with Crippen LogP contribution in [0.5, 0.6) is 0 Å². The van der Waals surface area contributed by atoms with Crippen molar-refractivity contribution in [3.63, 3.8) is 0 Å². The minimum Gasteiger partial charge on any atom is -0.393 e. The van der Waals surface area contributed by atoms with Gasteiger partial charge in [0.2, 0.25) is 0 Å². The van der Waals surface area contributed by atoms with Gasteiger partial charge in [0, 0.05) is 0 Å². The average molecular weight is 413 g/mol. The zero-order valence-electron chi connectivity index (χ0n) is 20.9. The zero-order chi connectivity index (χ0) is 21.8. The highest BCUT2D eigenvalue weighted by atomic mass is 16.3. The van der Waals surface area contributed by atoms with Crippen LogP contribution in [0.2, 0.25) is 0 Å². The maximum atomic E-state index is 10.2. The van der Waals surface area contributed by atoms with Gasteiger partial charge in [0.05, 0.1) is 6.10 Å². The average Bonchev–Trinajstić information content (AvgIpc) is 3.05. The van der Waals surface area contributed by atoms with E-state index in [2.05, 4.69) is 54.5 Å². The Morgan fingerprint density at radius 1 is 1.03 bits per heavy atom. The van der Waals surface area contributed by atoms with Gasteiger partial charge >= 0.3 is 0 Å². The van der Waals surface area contributed by atoms with E-state index in [1.165, 1.54) is 44.9 Å². The molecule has 0 bridgehead atoms. The van der Waals surface area contributed by atoms with Crippen LogP contribution in [0.1, 0.15) is 106 Å². The molecule has 1 N–H and O–H groups in total. The fraction of sp³-hybridized carbons (Fsp3) is 0.862. The molecule has 4 rings (SSSR count). The molecule has 0 spiro atoms. The van der Waals surface area contributed by atoms with Crippen LogP contribution in [0.25, 0.3) is 0 Å². The molecular formula is C29H48O. The number of aliphatic hydroxyl groups excluding tert-OH is 1. The van der Waals surface area contributed by atoms with E-state index in [0.717, 1.165) is 48.3 Å². The first-order valence-electron chi connectivity index (χ1n) is 13.1. The molecule has 170 valence electrons. The van der Waals surface area contributed by atoms with Gasteiger partial charge in [0.15, 0.2) is 0 Å². The molecule has 0 heterocycles. The lowest BCUT2D eigenvalue weighted by Gasteiger charge is -2.57. The Balaban J connectivity index is 1.57. The maximum absolute atomic E-state index is 10.2. The topological polar surface area (TPSA) is 20.2 Å². The van der Waals surface area contributed by atoms with E-state index in [1.807, 2.05) is 5.57 Å². The minimum atomic E-state index is -0.0892. The standard InChI is InChI=1S/C29H48O/c1-18(2)21(5)19(3)16-20(4)25-10-11-26-24-9-8-22-17-23(30)12-14-28(22,6)27(24)13-15-29(25,26)7/h8,18-19,21,23-24,26-27,30H,9-17H2,1-7H3. The van der Waals surface area contributed by atoms with Crippen molar-refractivity contribution in [1.82, 2.24) is 0 Å². The van der Waals surface area contributed by atoms with E-state index in [-0.39, 0.29) is 6.10 Å². The third-order valence-electron chi connectivity index (χ3n) is 11.0. The van der Waals surface area contributed by atoms with Gasteiger partial charge in [-0.3, -0.25) is 0 Å². The van der Waals surface area contributed by atoms with Gasteiger partial charge in [-0.15, -0.1) is 0 Å². The first-order valence-corrected chi connectivity index (χ1v) is 13.1. The fourth-order valence-corrected chi connectivity index (χ4v) is 8.60. The Morgan fingerprint density at radius 3 is 2.40 bits per heavy atom. The highest BCUT2D eigenvalue weighted by Gasteiger charge is 2.57. The van der Waals surface area contributed by atoms with Crippen LogP contribution >= 0.6 is 0 Å². The Bertz CT molecular complexity index is 714. The lowest BCUT2D eigenvalue weighted by Crippen LogP contribution is -2.49. The van der Waals surface area contributed by atoms with Gasteiger partial charge in [-0.05, 0) is 111 Å². The summed E-state index contributed by atoms with van der Waals surface area (Å²) in [5, 5.41) is 10.2. The highest BCUT2D eigenvalue weighted by molar-refractivity contribution is 5.31. The Hall–Kier alpha value is -0.560. The van der Waals surface area contributed by atoms with Crippen molar-refractivity contribution in [2.24, 2.45) is 46.3 Å². The molecule has 3 saturated carbocycles. The van der Waals surface area contributed by atoms with Crippen molar-refractivity contribution in [2.75, 3.05) is 0 Å². The number of rotatable bonds is 4. The molecule has 0 aliphatic heterocycles. The molecule has 3 fully saturated rings. The van der Waals surface area contributed by atoms with Crippen LogP contribution in [0.15, 0.2) is 22.8 Å². The number of hydrogen-bond acceptors (Lipinski definition) is 1. The van der Waals surface area contributed by atoms with Crippen molar-refractivity contribution in [3.8, 4) is 0 Å². The summed E-state index contributed by atoms with van der Waals surface area (Å²) >= 11 is 0. The molecule has 0 amide bonds. The van der Waals surface area contributed by atoms with Gasteiger partial charge in [0.1, 0.15) is 0 Å². The van der Waals surface area contributed by atoms with Crippen molar-refractivity contribution in [1.29, 1.82) is 0 Å². The molecule has 0 aromatic carbocycles. The molecule has 0 aromatic heterocycles. The van der Waals surface area contributed by atoms with Crippen molar-refractivity contribution in [3.05, 3.63) is 22.8 Å². The SMILES string of the molecule is CC(CC(C)C(C)C(C)C)=C1CCC2C3CC=C4CC(O)CCC4(C)C3CCC12C. The van der Waals surface area contributed by atoms with Gasteiger partial charge in [-0.1, -0.05) is 64.3 Å². The van der Waals surface area contributed by atoms with Crippen molar-refractivity contribution in [2.45, 2.75) is 112 Å². The molecule has 30 heavy (non-hydrogen) atoms. The summed E-state index contributed by atoms with van der Waals surface area (Å²) in [7, 11) is 0. The summed E-state index contributed by atoms with van der Waals surface area (Å²) in [5.74, 6) is 4.94. The van der Waals surface area contributed by atoms with Crippen LogP contribution in [-0.2, 0) is 0 Å². The van der Waals surface area contributed by atoms with Crippen LogP contribution < -0.4 is 0 Å². The third-order valence-corrected chi connectivity index (χ3v) is 11.0. The number of hydrogen-bond donors (Lipinski definition) is 1. The Labute approximate surface area is 186 Å².